The number of nitrogens with one attached hydrogen (secondary N) is 1. The number of benzene rings is 2. The van der Waals surface area contributed by atoms with Crippen molar-refractivity contribution in [2.75, 3.05) is 11.9 Å². The van der Waals surface area contributed by atoms with Gasteiger partial charge in [0, 0.05) is 18.2 Å². The van der Waals surface area contributed by atoms with Crippen LogP contribution in [0.3, 0.4) is 0 Å². The Balaban J connectivity index is 2.13. The highest BCUT2D eigenvalue weighted by atomic mass is 16.6. The number of ether oxygens (including phenoxy) is 1. The van der Waals surface area contributed by atoms with E-state index in [1.807, 2.05) is 24.3 Å². The maximum Gasteiger partial charge on any atom is 0.292 e. The topological polar surface area (TPSA) is 64.4 Å². The number of hydrogen-bond donors (Lipinski definition) is 1. The van der Waals surface area contributed by atoms with Crippen LogP contribution in [0.4, 0.5) is 11.4 Å². The quantitative estimate of drug-likeness (QED) is 0.477. The fraction of sp³-hybridized carbons (Fsp3) is 0.125. The van der Waals surface area contributed by atoms with Crippen LogP contribution in [-0.2, 0) is 6.54 Å². The number of hydrogen-bond acceptors (Lipinski definition) is 4. The van der Waals surface area contributed by atoms with Gasteiger partial charge in [0.2, 0.25) is 0 Å². The minimum atomic E-state index is -0.400. The van der Waals surface area contributed by atoms with Crippen LogP contribution in [0, 0.1) is 10.1 Å². The smallest absolute Gasteiger partial charge is 0.292 e. The molecule has 2 aromatic carbocycles. The summed E-state index contributed by atoms with van der Waals surface area (Å²) in [7, 11) is 0. The molecule has 0 aliphatic heterocycles. The molecule has 0 spiro atoms. The second-order valence-corrected chi connectivity index (χ2v) is 4.34. The molecule has 0 unspecified atom stereocenters. The Morgan fingerprint density at radius 2 is 1.90 bits per heavy atom. The SMILES string of the molecule is C=CCOc1ccccc1CNc1ccccc1[N+](=O)[O-]. The van der Waals surface area contributed by atoms with Gasteiger partial charge in [0.05, 0.1) is 4.92 Å². The molecule has 0 radical (unpaired) electrons. The van der Waals surface area contributed by atoms with Gasteiger partial charge in [0.15, 0.2) is 0 Å². The van der Waals surface area contributed by atoms with Gasteiger partial charge in [0.1, 0.15) is 18.0 Å². The van der Waals surface area contributed by atoms with Crippen molar-refractivity contribution in [3.05, 3.63) is 76.9 Å². The van der Waals surface area contributed by atoms with Gasteiger partial charge >= 0.3 is 0 Å². The third-order valence-electron chi connectivity index (χ3n) is 2.90. The number of nitro benzene ring substituents is 1. The normalized spacial score (nSPS) is 9.90. The van der Waals surface area contributed by atoms with E-state index >= 15 is 0 Å². The van der Waals surface area contributed by atoms with E-state index in [4.69, 9.17) is 4.74 Å². The van der Waals surface area contributed by atoms with Crippen molar-refractivity contribution in [2.24, 2.45) is 0 Å². The van der Waals surface area contributed by atoms with Crippen molar-refractivity contribution < 1.29 is 9.66 Å². The van der Waals surface area contributed by atoms with E-state index in [2.05, 4.69) is 11.9 Å². The van der Waals surface area contributed by atoms with Crippen molar-refractivity contribution >= 4 is 11.4 Å². The summed E-state index contributed by atoms with van der Waals surface area (Å²) < 4.78 is 5.56. The molecule has 0 fully saturated rings. The summed E-state index contributed by atoms with van der Waals surface area (Å²) in [5.41, 5.74) is 1.47. The molecule has 0 aromatic heterocycles. The monoisotopic (exact) mass is 284 g/mol. The lowest BCUT2D eigenvalue weighted by Crippen LogP contribution is -2.05. The highest BCUT2D eigenvalue weighted by Crippen LogP contribution is 2.25. The molecule has 1 N–H and O–H groups in total. The second-order valence-electron chi connectivity index (χ2n) is 4.34. The fourth-order valence-corrected chi connectivity index (χ4v) is 1.91. The first-order valence-electron chi connectivity index (χ1n) is 6.51. The van der Waals surface area contributed by atoms with Crippen molar-refractivity contribution in [2.45, 2.75) is 6.54 Å². The van der Waals surface area contributed by atoms with Crippen LogP contribution < -0.4 is 10.1 Å². The number of anilines is 1. The average molecular weight is 284 g/mol. The molecule has 0 aliphatic carbocycles. The average Bonchev–Trinajstić information content (AvgIpc) is 2.52. The van der Waals surface area contributed by atoms with Crippen molar-refractivity contribution in [3.63, 3.8) is 0 Å². The van der Waals surface area contributed by atoms with E-state index in [-0.39, 0.29) is 5.69 Å². The molecule has 21 heavy (non-hydrogen) atoms. The summed E-state index contributed by atoms with van der Waals surface area (Å²) >= 11 is 0. The van der Waals surface area contributed by atoms with Crippen molar-refractivity contribution in [1.29, 1.82) is 0 Å². The third-order valence-corrected chi connectivity index (χ3v) is 2.90. The fourth-order valence-electron chi connectivity index (χ4n) is 1.91. The summed E-state index contributed by atoms with van der Waals surface area (Å²) in [5, 5.41) is 14.1. The van der Waals surface area contributed by atoms with E-state index in [0.29, 0.717) is 18.8 Å². The van der Waals surface area contributed by atoms with E-state index < -0.39 is 4.92 Å². The first-order valence-corrected chi connectivity index (χ1v) is 6.51. The molecule has 0 saturated heterocycles. The number of nitro groups is 1. The minimum absolute atomic E-state index is 0.0574. The van der Waals surface area contributed by atoms with Crippen LogP contribution in [0.25, 0.3) is 0 Å². The molecule has 2 aromatic rings. The molecule has 0 heterocycles. The zero-order valence-electron chi connectivity index (χ0n) is 11.5. The van der Waals surface area contributed by atoms with E-state index in [1.54, 1.807) is 24.3 Å². The lowest BCUT2D eigenvalue weighted by Gasteiger charge is -2.11. The predicted molar refractivity (Wildman–Crippen MR) is 82.6 cm³/mol. The molecule has 2 rings (SSSR count). The maximum atomic E-state index is 11.0. The third kappa shape index (κ3) is 3.82. The van der Waals surface area contributed by atoms with Crippen LogP contribution in [0.15, 0.2) is 61.2 Å². The maximum absolute atomic E-state index is 11.0. The Kier molecular flexibility index (Phi) is 4.93. The van der Waals surface area contributed by atoms with Gasteiger partial charge in [-0.2, -0.15) is 0 Å². The Hall–Kier alpha value is -2.82. The molecule has 0 saturated carbocycles. The number of rotatable bonds is 7. The zero-order valence-corrected chi connectivity index (χ0v) is 11.5. The summed E-state index contributed by atoms with van der Waals surface area (Å²) in [6, 6.07) is 14.1. The lowest BCUT2D eigenvalue weighted by molar-refractivity contribution is -0.384. The molecule has 0 amide bonds. The van der Waals surface area contributed by atoms with Gasteiger partial charge in [-0.1, -0.05) is 43.0 Å². The van der Waals surface area contributed by atoms with Gasteiger partial charge in [0.25, 0.3) is 5.69 Å². The Morgan fingerprint density at radius 1 is 1.19 bits per heavy atom. The van der Waals surface area contributed by atoms with Gasteiger partial charge in [-0.05, 0) is 12.1 Å². The molecule has 5 heteroatoms. The summed E-state index contributed by atoms with van der Waals surface area (Å²) in [6.45, 7) is 4.48. The molecular weight excluding hydrogens is 268 g/mol. The highest BCUT2D eigenvalue weighted by Gasteiger charge is 2.12. The van der Waals surface area contributed by atoms with Gasteiger partial charge in [-0.15, -0.1) is 0 Å². The number of para-hydroxylation sites is 3. The summed E-state index contributed by atoms with van der Waals surface area (Å²) in [4.78, 5) is 10.6. The van der Waals surface area contributed by atoms with Crippen LogP contribution in [0.2, 0.25) is 0 Å². The van der Waals surface area contributed by atoms with Crippen LogP contribution in [-0.4, -0.2) is 11.5 Å². The van der Waals surface area contributed by atoms with Crippen LogP contribution in [0.1, 0.15) is 5.56 Å². The van der Waals surface area contributed by atoms with E-state index in [0.717, 1.165) is 11.3 Å². The largest absolute Gasteiger partial charge is 0.489 e. The van der Waals surface area contributed by atoms with Gasteiger partial charge < -0.3 is 10.1 Å². The Bertz CT molecular complexity index is 641. The lowest BCUT2D eigenvalue weighted by atomic mass is 10.2. The zero-order chi connectivity index (χ0) is 15.1. The molecule has 0 atom stereocenters. The molecular formula is C16H16N2O3. The van der Waals surface area contributed by atoms with Crippen LogP contribution in [0.5, 0.6) is 5.75 Å². The van der Waals surface area contributed by atoms with Crippen molar-refractivity contribution in [1.82, 2.24) is 0 Å². The first kappa shape index (κ1) is 14.6. The highest BCUT2D eigenvalue weighted by molar-refractivity contribution is 5.61. The molecule has 0 bridgehead atoms. The molecule has 108 valence electrons. The standard InChI is InChI=1S/C16H16N2O3/c1-2-11-21-16-10-6-3-7-13(16)12-17-14-8-4-5-9-15(14)18(19)20/h2-10,17H,1,11-12H2. The van der Waals surface area contributed by atoms with Crippen LogP contribution >= 0.6 is 0 Å². The summed E-state index contributed by atoms with van der Waals surface area (Å²) in [6.07, 6.45) is 1.67. The second kappa shape index (κ2) is 7.09. The number of nitrogens with zero attached hydrogens (tertiary/aromatic N) is 1. The van der Waals surface area contributed by atoms with E-state index in [9.17, 15) is 10.1 Å². The van der Waals surface area contributed by atoms with Gasteiger partial charge in [-0.3, -0.25) is 10.1 Å². The molecule has 0 aliphatic rings. The minimum Gasteiger partial charge on any atom is -0.489 e. The summed E-state index contributed by atoms with van der Waals surface area (Å²) in [5.74, 6) is 0.739. The predicted octanol–water partition coefficient (Wildman–Crippen LogP) is 3.77. The molecule has 5 nitrogen and oxygen atoms in total. The first-order chi connectivity index (χ1) is 10.2. The Labute approximate surface area is 123 Å². The van der Waals surface area contributed by atoms with Gasteiger partial charge in [-0.25, -0.2) is 0 Å². The van der Waals surface area contributed by atoms with E-state index in [1.165, 1.54) is 6.07 Å². The van der Waals surface area contributed by atoms with Crippen molar-refractivity contribution in [3.8, 4) is 5.75 Å². The Morgan fingerprint density at radius 3 is 2.67 bits per heavy atom.